The van der Waals surface area contributed by atoms with E-state index < -0.39 is 0 Å². The van der Waals surface area contributed by atoms with E-state index in [0.29, 0.717) is 42.2 Å². The van der Waals surface area contributed by atoms with Gasteiger partial charge in [-0.15, -0.1) is 0 Å². The van der Waals surface area contributed by atoms with E-state index >= 15 is 0 Å². The minimum Gasteiger partial charge on any atom is -0.460 e. The summed E-state index contributed by atoms with van der Waals surface area (Å²) >= 11 is 0. The van der Waals surface area contributed by atoms with Gasteiger partial charge < -0.3 is 14.6 Å². The summed E-state index contributed by atoms with van der Waals surface area (Å²) in [5.41, 5.74) is 4.69. The lowest BCUT2D eigenvalue weighted by atomic mass is 9.52. The Balaban J connectivity index is 1.07. The van der Waals surface area contributed by atoms with Crippen LogP contribution >= 0.6 is 0 Å². The van der Waals surface area contributed by atoms with Crippen molar-refractivity contribution in [1.29, 1.82) is 0 Å². The number of rotatable bonds is 4. The third kappa shape index (κ3) is 4.90. The standard InChI is InChI=1S/C37H53NO4/c1-23-16-33-35(38(20-23)21-34(40)41-22-26-8-6-5-7-9-26)25(3)37(42-33)15-13-29-30-11-10-27-17-28(39)12-14-36(27,4)32(30)18-31(29)24(2)19-37/h5-9,23,25,27-30,32-33,35,39H,10-22H2,1-4H3/t23-,25+,27+,28+,29-,30-,32-,33+,35-,36-,37-/m0/s1. The van der Waals surface area contributed by atoms with Gasteiger partial charge in [-0.1, -0.05) is 62.2 Å². The quantitative estimate of drug-likeness (QED) is 0.312. The summed E-state index contributed by atoms with van der Waals surface area (Å²) in [7, 11) is 0. The van der Waals surface area contributed by atoms with Crippen LogP contribution < -0.4 is 0 Å². The van der Waals surface area contributed by atoms with E-state index in [1.54, 1.807) is 11.1 Å². The number of aliphatic hydroxyl groups is 1. The molecule has 0 unspecified atom stereocenters. The number of fused-ring (bicyclic) bond motifs is 6. The zero-order chi connectivity index (χ0) is 29.2. The first-order valence-electron chi connectivity index (χ1n) is 17.1. The average Bonchev–Trinajstić information content (AvgIpc) is 3.43. The fraction of sp³-hybridized carbons (Fsp3) is 0.757. The molecule has 2 saturated heterocycles. The maximum atomic E-state index is 13.0. The van der Waals surface area contributed by atoms with Crippen LogP contribution in [0.4, 0.5) is 0 Å². The fourth-order valence-electron chi connectivity index (χ4n) is 11.3. The van der Waals surface area contributed by atoms with Crippen LogP contribution in [-0.4, -0.2) is 52.9 Å². The van der Waals surface area contributed by atoms with Crippen LogP contribution in [0.5, 0.6) is 0 Å². The molecular formula is C37H53NO4. The van der Waals surface area contributed by atoms with E-state index in [1.165, 1.54) is 32.1 Å². The molecule has 1 spiro atoms. The van der Waals surface area contributed by atoms with Gasteiger partial charge >= 0.3 is 5.97 Å². The lowest BCUT2D eigenvalue weighted by Gasteiger charge is -2.53. The molecule has 0 bridgehead atoms. The highest BCUT2D eigenvalue weighted by molar-refractivity contribution is 5.71. The van der Waals surface area contributed by atoms with Crippen molar-refractivity contribution in [2.45, 2.75) is 122 Å². The highest BCUT2D eigenvalue weighted by Crippen LogP contribution is 2.65. The van der Waals surface area contributed by atoms with Crippen molar-refractivity contribution in [3.05, 3.63) is 47.0 Å². The van der Waals surface area contributed by atoms with Gasteiger partial charge in [-0.25, -0.2) is 0 Å². The Labute approximate surface area is 253 Å². The van der Waals surface area contributed by atoms with Gasteiger partial charge in [0, 0.05) is 18.5 Å². The maximum absolute atomic E-state index is 13.0. The SMILES string of the molecule is CC1=C2C[C@H]3[C@@H](CC[C@@H]4C[C@H](O)CC[C@@]43C)[C@@H]2CC[C@@]2(C1)O[C@@H]1C[C@H](C)CN(CC(=O)OCc3ccccc3)[C@H]1[C@H]2C. The molecule has 2 heterocycles. The number of likely N-dealkylation sites (tertiary alicyclic amines) is 1. The number of nitrogens with zero attached hydrogens (tertiary/aromatic N) is 1. The molecule has 2 aliphatic heterocycles. The van der Waals surface area contributed by atoms with Crippen molar-refractivity contribution < 1.29 is 19.4 Å². The van der Waals surface area contributed by atoms with Crippen molar-refractivity contribution in [1.82, 2.24) is 4.90 Å². The molecule has 0 amide bonds. The van der Waals surface area contributed by atoms with E-state index in [4.69, 9.17) is 9.47 Å². The summed E-state index contributed by atoms with van der Waals surface area (Å²) in [6, 6.07) is 10.3. The first kappa shape index (κ1) is 29.0. The zero-order valence-electron chi connectivity index (χ0n) is 26.4. The Morgan fingerprint density at radius 2 is 1.90 bits per heavy atom. The van der Waals surface area contributed by atoms with E-state index in [9.17, 15) is 9.90 Å². The van der Waals surface area contributed by atoms with Crippen LogP contribution in [0.15, 0.2) is 41.5 Å². The first-order valence-corrected chi connectivity index (χ1v) is 17.1. The Kier molecular flexibility index (Phi) is 7.63. The molecule has 6 aliphatic rings. The van der Waals surface area contributed by atoms with Gasteiger partial charge in [0.05, 0.1) is 24.4 Å². The van der Waals surface area contributed by atoms with Gasteiger partial charge in [0.1, 0.15) is 6.61 Å². The molecule has 3 saturated carbocycles. The number of piperidine rings is 1. The van der Waals surface area contributed by atoms with Crippen LogP contribution in [0, 0.1) is 40.9 Å². The first-order chi connectivity index (χ1) is 20.2. The van der Waals surface area contributed by atoms with E-state index in [2.05, 4.69) is 32.6 Å². The fourth-order valence-corrected chi connectivity index (χ4v) is 11.3. The predicted molar refractivity (Wildman–Crippen MR) is 164 cm³/mol. The number of aliphatic hydroxyl groups excluding tert-OH is 1. The number of esters is 1. The number of benzene rings is 1. The van der Waals surface area contributed by atoms with E-state index in [0.717, 1.165) is 56.0 Å². The Hall–Kier alpha value is -1.69. The second kappa shape index (κ2) is 11.0. The summed E-state index contributed by atoms with van der Waals surface area (Å²) in [6.07, 6.45) is 11.8. The molecule has 230 valence electrons. The van der Waals surface area contributed by atoms with Gasteiger partial charge in [-0.3, -0.25) is 9.69 Å². The molecule has 0 radical (unpaired) electrons. The summed E-state index contributed by atoms with van der Waals surface area (Å²) in [6.45, 7) is 11.4. The molecule has 0 aromatic heterocycles. The number of ether oxygens (including phenoxy) is 2. The number of hydrogen-bond acceptors (Lipinski definition) is 5. The maximum Gasteiger partial charge on any atom is 0.320 e. The van der Waals surface area contributed by atoms with Crippen LogP contribution in [-0.2, 0) is 20.9 Å². The zero-order valence-corrected chi connectivity index (χ0v) is 26.4. The van der Waals surface area contributed by atoms with Crippen LogP contribution in [0.25, 0.3) is 0 Å². The molecule has 1 aromatic rings. The van der Waals surface area contributed by atoms with Crippen molar-refractivity contribution in [3.8, 4) is 0 Å². The van der Waals surface area contributed by atoms with Gasteiger partial charge in [0.15, 0.2) is 0 Å². The van der Waals surface area contributed by atoms with Crippen LogP contribution in [0.1, 0.15) is 97.5 Å². The molecule has 1 N–H and O–H groups in total. The summed E-state index contributed by atoms with van der Waals surface area (Å²) in [5.74, 6) is 3.76. The molecule has 7 rings (SSSR count). The number of allylic oxidation sites excluding steroid dienone is 1. The second-order valence-corrected chi connectivity index (χ2v) is 15.7. The monoisotopic (exact) mass is 575 g/mol. The predicted octanol–water partition coefficient (Wildman–Crippen LogP) is 6.93. The largest absolute Gasteiger partial charge is 0.460 e. The molecule has 5 nitrogen and oxygen atoms in total. The number of carbonyl (C=O) groups is 1. The lowest BCUT2D eigenvalue weighted by molar-refractivity contribution is -0.148. The van der Waals surface area contributed by atoms with Crippen LogP contribution in [0.2, 0.25) is 0 Å². The molecule has 5 heteroatoms. The van der Waals surface area contributed by atoms with Crippen LogP contribution in [0.3, 0.4) is 0 Å². The normalized spacial score (nSPS) is 45.1. The van der Waals surface area contributed by atoms with E-state index in [-0.39, 0.29) is 29.8 Å². The Bertz CT molecular complexity index is 1200. The van der Waals surface area contributed by atoms with Crippen molar-refractivity contribution in [2.75, 3.05) is 13.1 Å². The van der Waals surface area contributed by atoms with Crippen molar-refractivity contribution in [2.24, 2.45) is 40.9 Å². The molecule has 1 aromatic carbocycles. The third-order valence-electron chi connectivity index (χ3n) is 13.4. The number of carbonyl (C=O) groups excluding carboxylic acids is 1. The Morgan fingerprint density at radius 3 is 2.71 bits per heavy atom. The summed E-state index contributed by atoms with van der Waals surface area (Å²) in [4.78, 5) is 15.5. The molecule has 5 fully saturated rings. The number of hydrogen-bond donors (Lipinski definition) is 1. The van der Waals surface area contributed by atoms with Gasteiger partial charge in [-0.2, -0.15) is 0 Å². The minimum absolute atomic E-state index is 0.0788. The Morgan fingerprint density at radius 1 is 1.10 bits per heavy atom. The lowest BCUT2D eigenvalue weighted by Crippen LogP contribution is -2.53. The molecule has 4 aliphatic carbocycles. The average molecular weight is 576 g/mol. The molecular weight excluding hydrogens is 522 g/mol. The summed E-state index contributed by atoms with van der Waals surface area (Å²) in [5, 5.41) is 10.4. The molecule has 42 heavy (non-hydrogen) atoms. The van der Waals surface area contributed by atoms with Crippen molar-refractivity contribution in [3.63, 3.8) is 0 Å². The van der Waals surface area contributed by atoms with Gasteiger partial charge in [0.2, 0.25) is 0 Å². The second-order valence-electron chi connectivity index (χ2n) is 15.7. The van der Waals surface area contributed by atoms with Crippen molar-refractivity contribution >= 4 is 5.97 Å². The highest BCUT2D eigenvalue weighted by Gasteiger charge is 2.60. The smallest absolute Gasteiger partial charge is 0.320 e. The minimum atomic E-state index is -0.126. The summed E-state index contributed by atoms with van der Waals surface area (Å²) < 4.78 is 13.0. The highest BCUT2D eigenvalue weighted by atomic mass is 16.5. The third-order valence-corrected chi connectivity index (χ3v) is 13.4. The van der Waals surface area contributed by atoms with Gasteiger partial charge in [-0.05, 0) is 112 Å². The molecule has 11 atom stereocenters. The van der Waals surface area contributed by atoms with E-state index in [1.807, 2.05) is 30.3 Å². The topological polar surface area (TPSA) is 59.0 Å². The van der Waals surface area contributed by atoms with Gasteiger partial charge in [0.25, 0.3) is 0 Å².